The van der Waals surface area contributed by atoms with Crippen LogP contribution in [0.25, 0.3) is 10.9 Å². The molecule has 34 heavy (non-hydrogen) atoms. The van der Waals surface area contributed by atoms with Gasteiger partial charge in [-0.25, -0.2) is 8.78 Å². The zero-order valence-electron chi connectivity index (χ0n) is 20.0. The number of piperazine rings is 1. The van der Waals surface area contributed by atoms with Gasteiger partial charge < -0.3 is 15.0 Å². The number of ether oxygens (including phenoxy) is 1. The van der Waals surface area contributed by atoms with Crippen molar-refractivity contribution in [2.24, 2.45) is 0 Å². The van der Waals surface area contributed by atoms with Gasteiger partial charge in [-0.15, -0.1) is 0 Å². The Balaban J connectivity index is 0.000000207. The highest BCUT2D eigenvalue weighted by molar-refractivity contribution is 9.10. The maximum absolute atomic E-state index is 14.6. The first-order chi connectivity index (χ1) is 16.4. The van der Waals surface area contributed by atoms with E-state index in [1.807, 2.05) is 13.8 Å². The monoisotopic (exact) mass is 559 g/mol. The van der Waals surface area contributed by atoms with Gasteiger partial charge in [-0.1, -0.05) is 25.4 Å². The van der Waals surface area contributed by atoms with Crippen LogP contribution in [0.2, 0.25) is 5.02 Å². The molecule has 0 amide bonds. The first-order valence-corrected chi connectivity index (χ1v) is 13.4. The Morgan fingerprint density at radius 3 is 2.50 bits per heavy atom. The van der Waals surface area contributed by atoms with Crippen molar-refractivity contribution in [3.63, 3.8) is 0 Å². The molecule has 10 heteroatoms. The number of aromatic nitrogens is 2. The lowest BCUT2D eigenvalue weighted by Gasteiger charge is -2.34. The molecule has 188 valence electrons. The number of methoxy groups -OCH3 is 1. The maximum Gasteiger partial charge on any atom is 0.318 e. The Hall–Kier alpha value is -1.29. The summed E-state index contributed by atoms with van der Waals surface area (Å²) in [6, 6.07) is 3.37. The average Bonchev–Trinajstić information content (AvgIpc) is 3.53. The van der Waals surface area contributed by atoms with Crippen molar-refractivity contribution < 1.29 is 13.5 Å². The first-order valence-electron chi connectivity index (χ1n) is 12.2. The van der Waals surface area contributed by atoms with Crippen molar-refractivity contribution in [1.29, 1.82) is 0 Å². The van der Waals surface area contributed by atoms with Crippen LogP contribution in [-0.2, 0) is 0 Å². The zero-order chi connectivity index (χ0) is 24.4. The molecule has 1 aromatic heterocycles. The lowest BCUT2D eigenvalue weighted by Crippen LogP contribution is -2.51. The second kappa shape index (κ2) is 11.2. The fraction of sp³-hybridized carbons (Fsp3) is 0.667. The summed E-state index contributed by atoms with van der Waals surface area (Å²) in [6.07, 6.45) is 5.12. The van der Waals surface area contributed by atoms with Gasteiger partial charge in [-0.2, -0.15) is 9.97 Å². The van der Waals surface area contributed by atoms with Crippen molar-refractivity contribution in [2.75, 3.05) is 38.2 Å². The van der Waals surface area contributed by atoms with Crippen LogP contribution >= 0.6 is 27.5 Å². The van der Waals surface area contributed by atoms with Gasteiger partial charge in [0.2, 0.25) is 0 Å². The second-order valence-electron chi connectivity index (χ2n) is 9.08. The molecule has 2 bridgehead atoms. The van der Waals surface area contributed by atoms with E-state index in [1.54, 1.807) is 6.07 Å². The smallest absolute Gasteiger partial charge is 0.318 e. The van der Waals surface area contributed by atoms with E-state index in [0.717, 1.165) is 38.9 Å². The largest absolute Gasteiger partial charge is 0.467 e. The summed E-state index contributed by atoms with van der Waals surface area (Å²) in [7, 11) is 1.48. The van der Waals surface area contributed by atoms with Crippen molar-refractivity contribution in [3.8, 4) is 6.01 Å². The number of anilines is 1. The van der Waals surface area contributed by atoms with E-state index >= 15 is 0 Å². The minimum atomic E-state index is -0.518. The molecule has 6 nitrogen and oxygen atoms in total. The third-order valence-electron chi connectivity index (χ3n) is 6.94. The molecule has 0 saturated carbocycles. The number of alkyl halides is 1. The van der Waals surface area contributed by atoms with E-state index in [9.17, 15) is 8.78 Å². The van der Waals surface area contributed by atoms with E-state index in [1.165, 1.54) is 20.0 Å². The molecular weight excluding hydrogens is 528 g/mol. The Morgan fingerprint density at radius 2 is 1.85 bits per heavy atom. The molecule has 0 aliphatic carbocycles. The molecule has 4 fully saturated rings. The Morgan fingerprint density at radius 1 is 1.15 bits per heavy atom. The van der Waals surface area contributed by atoms with Crippen LogP contribution in [0.4, 0.5) is 14.6 Å². The fourth-order valence-electron chi connectivity index (χ4n) is 5.47. The molecule has 4 aliphatic heterocycles. The van der Waals surface area contributed by atoms with Crippen molar-refractivity contribution in [3.05, 3.63) is 21.4 Å². The summed E-state index contributed by atoms with van der Waals surface area (Å²) in [5.41, 5.74) is 0.217. The summed E-state index contributed by atoms with van der Waals surface area (Å²) in [5.74, 6) is 0.186. The van der Waals surface area contributed by atoms with Gasteiger partial charge >= 0.3 is 6.01 Å². The molecule has 4 unspecified atom stereocenters. The van der Waals surface area contributed by atoms with E-state index < -0.39 is 12.0 Å². The Labute approximate surface area is 213 Å². The number of hydrogen-bond acceptors (Lipinski definition) is 6. The highest BCUT2D eigenvalue weighted by atomic mass is 79.9. The van der Waals surface area contributed by atoms with E-state index in [4.69, 9.17) is 16.3 Å². The molecule has 0 spiro atoms. The molecule has 1 N–H and O–H groups in total. The highest BCUT2D eigenvalue weighted by Gasteiger charge is 2.35. The van der Waals surface area contributed by atoms with Crippen molar-refractivity contribution in [2.45, 2.75) is 70.2 Å². The van der Waals surface area contributed by atoms with E-state index in [2.05, 4.69) is 41.0 Å². The molecule has 2 aromatic rings. The summed E-state index contributed by atoms with van der Waals surface area (Å²) in [4.78, 5) is 13.1. The summed E-state index contributed by atoms with van der Waals surface area (Å²) in [6.45, 7) is 7.53. The Bertz CT molecular complexity index is 991. The third kappa shape index (κ3) is 5.27. The normalized spacial score (nSPS) is 27.7. The molecule has 4 atom stereocenters. The average molecular weight is 561 g/mol. The molecule has 4 aliphatic rings. The van der Waals surface area contributed by atoms with Gasteiger partial charge in [-0.05, 0) is 60.6 Å². The number of fused-ring (bicyclic) bond motifs is 4. The number of halogens is 4. The first kappa shape index (κ1) is 25.8. The number of benzene rings is 1. The fourth-order valence-corrected chi connectivity index (χ4v) is 5.96. The number of nitrogens with one attached hydrogen (secondary N) is 1. The van der Waals surface area contributed by atoms with Crippen LogP contribution in [0.5, 0.6) is 6.01 Å². The number of rotatable bonds is 2. The van der Waals surface area contributed by atoms with Crippen LogP contribution in [0, 0.1) is 5.82 Å². The van der Waals surface area contributed by atoms with Gasteiger partial charge in [-0.3, -0.25) is 4.90 Å². The minimum Gasteiger partial charge on any atom is -0.467 e. The maximum atomic E-state index is 14.6. The van der Waals surface area contributed by atoms with Gasteiger partial charge in [0.1, 0.15) is 17.5 Å². The van der Waals surface area contributed by atoms with E-state index in [0.29, 0.717) is 40.9 Å². The molecule has 0 radical (unpaired) electrons. The van der Waals surface area contributed by atoms with E-state index in [-0.39, 0.29) is 16.0 Å². The molecule has 1 aromatic carbocycles. The van der Waals surface area contributed by atoms with Crippen LogP contribution in [-0.4, -0.2) is 72.5 Å². The zero-order valence-corrected chi connectivity index (χ0v) is 22.3. The van der Waals surface area contributed by atoms with Gasteiger partial charge in [0, 0.05) is 43.1 Å². The summed E-state index contributed by atoms with van der Waals surface area (Å²) in [5, 5.41) is 4.49. The SMILES string of the molecule is CC.COc1nc(N2CC3CCC(C2)N3)c2cc(Cl)c(Br)c(F)c2n1.FC1CC2CCCN2C1. The molecule has 5 heterocycles. The third-order valence-corrected chi connectivity index (χ3v) is 8.25. The van der Waals surface area contributed by atoms with Crippen molar-refractivity contribution >= 4 is 44.3 Å². The molecule has 4 saturated heterocycles. The summed E-state index contributed by atoms with van der Waals surface area (Å²) < 4.78 is 32.6. The Kier molecular flexibility index (Phi) is 8.48. The van der Waals surface area contributed by atoms with Crippen LogP contribution in [0.1, 0.15) is 46.0 Å². The topological polar surface area (TPSA) is 53.5 Å². The lowest BCUT2D eigenvalue weighted by atomic mass is 10.1. The summed E-state index contributed by atoms with van der Waals surface area (Å²) >= 11 is 9.31. The molecule has 6 rings (SSSR count). The minimum absolute atomic E-state index is 0.159. The lowest BCUT2D eigenvalue weighted by molar-refractivity contribution is 0.292. The van der Waals surface area contributed by atoms with Gasteiger partial charge in [0.05, 0.1) is 16.6 Å². The standard InChI is InChI=1S/C15H15BrClFN4O.C7H12FN.C2H6/c1-23-15-20-13-9(4-10(17)11(16)12(13)18)14(21-15)22-5-7-2-3-8(6-22)19-7;8-6-4-7-2-1-3-9(7)5-6;1-2/h4,7-8,19H,2-3,5-6H2,1H3;6-7H,1-5H2;1-2H3. The van der Waals surface area contributed by atoms with Crippen LogP contribution < -0.4 is 15.0 Å². The predicted molar refractivity (Wildman–Crippen MR) is 136 cm³/mol. The van der Waals surface area contributed by atoms with Crippen LogP contribution in [0.15, 0.2) is 10.5 Å². The van der Waals surface area contributed by atoms with Gasteiger partial charge in [0.15, 0.2) is 5.82 Å². The highest BCUT2D eigenvalue weighted by Crippen LogP contribution is 2.37. The molecular formula is C24H33BrClF2N5O. The van der Waals surface area contributed by atoms with Gasteiger partial charge in [0.25, 0.3) is 0 Å². The quantitative estimate of drug-likeness (QED) is 0.500. The second-order valence-corrected chi connectivity index (χ2v) is 10.3. The van der Waals surface area contributed by atoms with Crippen LogP contribution in [0.3, 0.4) is 0 Å². The van der Waals surface area contributed by atoms with Crippen molar-refractivity contribution in [1.82, 2.24) is 20.2 Å². The number of nitrogens with zero attached hydrogens (tertiary/aromatic N) is 4. The predicted octanol–water partition coefficient (Wildman–Crippen LogP) is 5.35. The number of hydrogen-bond donors (Lipinski definition) is 1.